The van der Waals surface area contributed by atoms with Gasteiger partial charge in [-0.15, -0.1) is 10.2 Å². The zero-order valence-electron chi connectivity index (χ0n) is 16.1. The van der Waals surface area contributed by atoms with E-state index in [0.717, 1.165) is 56.3 Å². The minimum atomic E-state index is 0.219. The molecule has 2 aromatic heterocycles. The van der Waals surface area contributed by atoms with Gasteiger partial charge >= 0.3 is 0 Å². The van der Waals surface area contributed by atoms with Crippen LogP contribution in [0.15, 0.2) is 29.4 Å². The van der Waals surface area contributed by atoms with Crippen molar-refractivity contribution in [1.29, 1.82) is 0 Å². The van der Waals surface area contributed by atoms with E-state index in [1.807, 2.05) is 28.8 Å². The van der Waals surface area contributed by atoms with E-state index in [4.69, 9.17) is 4.99 Å². The molecule has 0 saturated heterocycles. The van der Waals surface area contributed by atoms with E-state index in [0.29, 0.717) is 11.8 Å². The van der Waals surface area contributed by atoms with Crippen LogP contribution in [0.1, 0.15) is 39.4 Å². The van der Waals surface area contributed by atoms with Crippen molar-refractivity contribution in [2.24, 2.45) is 16.8 Å². The second-order valence-corrected chi connectivity index (χ2v) is 6.95. The molecule has 0 aromatic carbocycles. The Labute approximate surface area is 155 Å². The molecule has 0 fully saturated rings. The summed E-state index contributed by atoms with van der Waals surface area (Å²) >= 11 is 0. The molecule has 0 amide bonds. The molecule has 7 heteroatoms. The van der Waals surface area contributed by atoms with Crippen LogP contribution in [0.25, 0.3) is 5.65 Å². The first-order valence-corrected chi connectivity index (χ1v) is 9.55. The molecule has 7 nitrogen and oxygen atoms in total. The average molecular weight is 361 g/mol. The molecule has 144 valence electrons. The van der Waals surface area contributed by atoms with Crippen LogP contribution in [0.2, 0.25) is 0 Å². The van der Waals surface area contributed by atoms with Crippen LogP contribution in [0, 0.1) is 11.8 Å². The molecule has 0 aliphatic rings. The Kier molecular flexibility index (Phi) is 8.34. The summed E-state index contributed by atoms with van der Waals surface area (Å²) in [5.74, 6) is 2.77. The van der Waals surface area contributed by atoms with Crippen molar-refractivity contribution in [3.05, 3.63) is 30.2 Å². The van der Waals surface area contributed by atoms with Crippen LogP contribution in [-0.2, 0) is 6.42 Å². The lowest BCUT2D eigenvalue weighted by Gasteiger charge is -2.17. The third kappa shape index (κ3) is 6.29. The highest BCUT2D eigenvalue weighted by Gasteiger charge is 2.11. The van der Waals surface area contributed by atoms with Crippen molar-refractivity contribution >= 4 is 11.6 Å². The van der Waals surface area contributed by atoms with Gasteiger partial charge in [0, 0.05) is 38.9 Å². The van der Waals surface area contributed by atoms with Crippen molar-refractivity contribution in [2.45, 2.75) is 40.0 Å². The van der Waals surface area contributed by atoms with Crippen LogP contribution in [0.5, 0.6) is 0 Å². The van der Waals surface area contributed by atoms with Crippen molar-refractivity contribution < 1.29 is 5.11 Å². The molecular formula is C19H32N6O. The molecule has 1 unspecified atom stereocenters. The van der Waals surface area contributed by atoms with E-state index in [1.54, 1.807) is 0 Å². The van der Waals surface area contributed by atoms with Crippen molar-refractivity contribution in [3.8, 4) is 0 Å². The lowest BCUT2D eigenvalue weighted by Crippen LogP contribution is -2.39. The van der Waals surface area contributed by atoms with Gasteiger partial charge in [0.2, 0.25) is 0 Å². The maximum atomic E-state index is 9.26. The lowest BCUT2D eigenvalue weighted by atomic mass is 9.94. The molecule has 0 bridgehead atoms. The van der Waals surface area contributed by atoms with Gasteiger partial charge in [0.05, 0.1) is 0 Å². The monoisotopic (exact) mass is 360 g/mol. The molecule has 26 heavy (non-hydrogen) atoms. The smallest absolute Gasteiger partial charge is 0.191 e. The highest BCUT2D eigenvalue weighted by Crippen LogP contribution is 2.15. The van der Waals surface area contributed by atoms with Gasteiger partial charge < -0.3 is 15.7 Å². The number of aliphatic hydroxyl groups is 1. The van der Waals surface area contributed by atoms with E-state index in [-0.39, 0.29) is 6.61 Å². The van der Waals surface area contributed by atoms with Gasteiger partial charge in [-0.3, -0.25) is 9.39 Å². The largest absolute Gasteiger partial charge is 0.396 e. The minimum Gasteiger partial charge on any atom is -0.396 e. The van der Waals surface area contributed by atoms with E-state index < -0.39 is 0 Å². The third-order valence-corrected chi connectivity index (χ3v) is 4.22. The number of nitrogens with one attached hydrogen (secondary N) is 2. The average Bonchev–Trinajstić information content (AvgIpc) is 3.02. The number of guanidine groups is 1. The Bertz CT molecular complexity index is 681. The van der Waals surface area contributed by atoms with Crippen molar-refractivity contribution in [3.63, 3.8) is 0 Å². The number of fused-ring (bicyclic) bond motifs is 1. The fraction of sp³-hybridized carbons (Fsp3) is 0.632. The molecule has 2 heterocycles. The Morgan fingerprint density at radius 1 is 1.27 bits per heavy atom. The molecule has 0 aliphatic carbocycles. The normalized spacial score (nSPS) is 13.3. The summed E-state index contributed by atoms with van der Waals surface area (Å²) in [6.45, 7) is 8.97. The van der Waals surface area contributed by atoms with Crippen LogP contribution in [0.4, 0.5) is 0 Å². The summed E-state index contributed by atoms with van der Waals surface area (Å²) in [5, 5.41) is 24.3. The zero-order chi connectivity index (χ0) is 18.8. The van der Waals surface area contributed by atoms with Crippen LogP contribution >= 0.6 is 0 Å². The number of aromatic nitrogens is 3. The number of hydrogen-bond acceptors (Lipinski definition) is 4. The van der Waals surface area contributed by atoms with Gasteiger partial charge in [-0.25, -0.2) is 0 Å². The number of rotatable bonds is 10. The Morgan fingerprint density at radius 2 is 2.12 bits per heavy atom. The summed E-state index contributed by atoms with van der Waals surface area (Å²) < 4.78 is 2.01. The molecule has 0 saturated carbocycles. The van der Waals surface area contributed by atoms with Crippen molar-refractivity contribution in [1.82, 2.24) is 25.2 Å². The number of pyridine rings is 1. The zero-order valence-corrected chi connectivity index (χ0v) is 16.1. The maximum Gasteiger partial charge on any atom is 0.191 e. The lowest BCUT2D eigenvalue weighted by molar-refractivity contribution is 0.245. The summed E-state index contributed by atoms with van der Waals surface area (Å²) in [6, 6.07) is 5.89. The van der Waals surface area contributed by atoms with Gasteiger partial charge in [0.25, 0.3) is 0 Å². The number of nitrogens with zero attached hydrogens (tertiary/aromatic N) is 4. The summed E-state index contributed by atoms with van der Waals surface area (Å²) in [5.41, 5.74) is 0.864. The maximum absolute atomic E-state index is 9.26. The van der Waals surface area contributed by atoms with E-state index in [9.17, 15) is 5.11 Å². The second-order valence-electron chi connectivity index (χ2n) is 6.95. The summed E-state index contributed by atoms with van der Waals surface area (Å²) in [4.78, 5) is 4.71. The van der Waals surface area contributed by atoms with Gasteiger partial charge in [0.15, 0.2) is 11.6 Å². The van der Waals surface area contributed by atoms with Gasteiger partial charge in [0.1, 0.15) is 5.82 Å². The Balaban J connectivity index is 1.90. The van der Waals surface area contributed by atoms with Gasteiger partial charge in [-0.2, -0.15) is 0 Å². The number of aliphatic hydroxyl groups excluding tert-OH is 1. The fourth-order valence-corrected chi connectivity index (χ4v) is 3.05. The van der Waals surface area contributed by atoms with E-state index in [2.05, 4.69) is 41.6 Å². The highest BCUT2D eigenvalue weighted by molar-refractivity contribution is 5.79. The SMILES string of the molecule is CCNC(=NCC(CCO)CC(C)C)NCCc1nnc2ccccn12. The first-order valence-electron chi connectivity index (χ1n) is 9.55. The molecule has 2 aromatic rings. The molecule has 1 atom stereocenters. The Morgan fingerprint density at radius 3 is 2.85 bits per heavy atom. The standard InChI is InChI=1S/C19H32N6O/c1-4-20-19(22-14-16(9-12-26)13-15(2)3)21-10-8-18-24-23-17-7-5-6-11-25(17)18/h5-7,11,15-16,26H,4,8-10,12-14H2,1-3H3,(H2,20,21,22). The topological polar surface area (TPSA) is 86.8 Å². The van der Waals surface area contributed by atoms with Crippen LogP contribution in [-0.4, -0.2) is 51.9 Å². The number of hydrogen-bond donors (Lipinski definition) is 3. The quantitative estimate of drug-likeness (QED) is 0.445. The van der Waals surface area contributed by atoms with Crippen LogP contribution in [0.3, 0.4) is 0 Å². The van der Waals surface area contributed by atoms with Gasteiger partial charge in [-0.1, -0.05) is 19.9 Å². The molecule has 0 spiro atoms. The molecule has 2 rings (SSSR count). The highest BCUT2D eigenvalue weighted by atomic mass is 16.3. The minimum absolute atomic E-state index is 0.219. The van der Waals surface area contributed by atoms with Crippen molar-refractivity contribution in [2.75, 3.05) is 26.2 Å². The van der Waals surface area contributed by atoms with Gasteiger partial charge in [-0.05, 0) is 43.7 Å². The summed E-state index contributed by atoms with van der Waals surface area (Å²) in [6.07, 6.45) is 4.62. The molecular weight excluding hydrogens is 328 g/mol. The number of aliphatic imine (C=N–C) groups is 1. The third-order valence-electron chi connectivity index (χ3n) is 4.22. The first-order chi connectivity index (χ1) is 12.6. The van der Waals surface area contributed by atoms with E-state index in [1.165, 1.54) is 0 Å². The predicted octanol–water partition coefficient (Wildman–Crippen LogP) is 1.87. The first kappa shape index (κ1) is 20.2. The molecule has 0 radical (unpaired) electrons. The molecule has 3 N–H and O–H groups in total. The fourth-order valence-electron chi connectivity index (χ4n) is 3.05. The van der Waals surface area contributed by atoms with E-state index >= 15 is 0 Å². The second kappa shape index (κ2) is 10.8. The van der Waals surface area contributed by atoms with Crippen LogP contribution < -0.4 is 10.6 Å². The predicted molar refractivity (Wildman–Crippen MR) is 105 cm³/mol. The Hall–Kier alpha value is -2.15. The summed E-state index contributed by atoms with van der Waals surface area (Å²) in [7, 11) is 0. The molecule has 0 aliphatic heterocycles.